The second kappa shape index (κ2) is 8.75. The average molecular weight is 487 g/mol. The smallest absolute Gasteiger partial charge is 0.262 e. The fourth-order valence-electron chi connectivity index (χ4n) is 2.41. The van der Waals surface area contributed by atoms with Gasteiger partial charge >= 0.3 is 0 Å². The monoisotopic (exact) mass is 486 g/mol. The van der Waals surface area contributed by atoms with Gasteiger partial charge in [0, 0.05) is 15.8 Å². The van der Waals surface area contributed by atoms with E-state index < -0.39 is 27.9 Å². The average Bonchev–Trinajstić information content (AvgIpc) is 3.05. The number of rotatable bonds is 6. The van der Waals surface area contributed by atoms with Crippen LogP contribution in [0.15, 0.2) is 40.9 Å². The van der Waals surface area contributed by atoms with E-state index in [1.54, 1.807) is 18.2 Å². The van der Waals surface area contributed by atoms with Gasteiger partial charge in [-0.1, -0.05) is 48.8 Å². The topological polar surface area (TPSA) is 92.3 Å². The van der Waals surface area contributed by atoms with Crippen molar-refractivity contribution in [2.24, 2.45) is 0 Å². The third kappa shape index (κ3) is 6.72. The molecule has 2 N–H and O–H groups in total. The predicted octanol–water partition coefficient (Wildman–Crippen LogP) is 3.23. The Morgan fingerprint density at radius 2 is 1.71 bits per heavy atom. The number of nitrogens with one attached hydrogen (secondary N) is 2. The van der Waals surface area contributed by atoms with Gasteiger partial charge in [0.1, 0.15) is 6.04 Å². The number of thiophene rings is 1. The lowest BCUT2D eigenvalue weighted by Gasteiger charge is -2.18. The maximum Gasteiger partial charge on any atom is 0.262 e. The molecule has 1 heterocycles. The molecule has 1 aromatic heterocycles. The van der Waals surface area contributed by atoms with E-state index in [0.29, 0.717) is 4.88 Å². The van der Waals surface area contributed by atoms with E-state index in [4.69, 9.17) is 0 Å². The Hall–Kier alpha value is -1.71. The van der Waals surface area contributed by atoms with E-state index >= 15 is 0 Å². The molecular formula is C19H23BrN2O4S2. The molecule has 0 aliphatic carbocycles. The Morgan fingerprint density at radius 3 is 2.21 bits per heavy atom. The SMILES string of the molecule is CC(C)(C)c1ccc(C(=O)NC(Cc2ccc(Br)cc2)C(=O)NS(C)(=O)=O)s1. The molecule has 1 aromatic carbocycles. The molecule has 28 heavy (non-hydrogen) atoms. The summed E-state index contributed by atoms with van der Waals surface area (Å²) in [7, 11) is -3.74. The van der Waals surface area contributed by atoms with Gasteiger partial charge in [-0.2, -0.15) is 0 Å². The maximum atomic E-state index is 12.7. The molecule has 1 unspecified atom stereocenters. The highest BCUT2D eigenvalue weighted by Crippen LogP contribution is 2.29. The van der Waals surface area contributed by atoms with Crippen LogP contribution in [-0.4, -0.2) is 32.5 Å². The van der Waals surface area contributed by atoms with E-state index in [1.807, 2.05) is 22.9 Å². The molecule has 2 aromatic rings. The molecule has 0 fully saturated rings. The molecule has 0 saturated heterocycles. The Morgan fingerprint density at radius 1 is 1.11 bits per heavy atom. The van der Waals surface area contributed by atoms with Gasteiger partial charge < -0.3 is 5.32 Å². The number of carbonyl (C=O) groups excluding carboxylic acids is 2. The minimum absolute atomic E-state index is 0.0896. The minimum atomic E-state index is -3.74. The van der Waals surface area contributed by atoms with Crippen molar-refractivity contribution in [2.75, 3.05) is 6.26 Å². The number of benzene rings is 1. The molecule has 152 valence electrons. The van der Waals surface area contributed by atoms with Gasteiger partial charge in [-0.15, -0.1) is 11.3 Å². The zero-order chi connectivity index (χ0) is 21.1. The molecule has 2 amide bonds. The van der Waals surface area contributed by atoms with Crippen molar-refractivity contribution < 1.29 is 18.0 Å². The normalized spacial score (nSPS) is 13.0. The van der Waals surface area contributed by atoms with E-state index in [1.165, 1.54) is 11.3 Å². The molecule has 1 atom stereocenters. The summed E-state index contributed by atoms with van der Waals surface area (Å²) in [6.45, 7) is 6.16. The van der Waals surface area contributed by atoms with Crippen LogP contribution in [0.3, 0.4) is 0 Å². The zero-order valence-corrected chi connectivity index (χ0v) is 19.3. The van der Waals surface area contributed by atoms with E-state index in [2.05, 4.69) is 42.0 Å². The van der Waals surface area contributed by atoms with Gasteiger partial charge in [0.2, 0.25) is 10.0 Å². The summed E-state index contributed by atoms with van der Waals surface area (Å²) in [6.07, 6.45) is 1.07. The number of halogens is 1. The largest absolute Gasteiger partial charge is 0.339 e. The van der Waals surface area contributed by atoms with Crippen LogP contribution in [0.5, 0.6) is 0 Å². The quantitative estimate of drug-likeness (QED) is 0.655. The summed E-state index contributed by atoms with van der Waals surface area (Å²) >= 11 is 4.70. The first-order valence-corrected chi connectivity index (χ1v) is 12.0. The molecule has 6 nitrogen and oxygen atoms in total. The third-order valence-corrected chi connectivity index (χ3v) is 6.44. The van der Waals surface area contributed by atoms with Crippen molar-refractivity contribution in [1.82, 2.24) is 10.0 Å². The molecule has 0 radical (unpaired) electrons. The van der Waals surface area contributed by atoms with E-state index in [9.17, 15) is 18.0 Å². The second-order valence-electron chi connectivity index (χ2n) is 7.51. The molecule has 0 aliphatic rings. The van der Waals surface area contributed by atoms with E-state index in [-0.39, 0.29) is 11.8 Å². The highest BCUT2D eigenvalue weighted by molar-refractivity contribution is 9.10. The molecule has 2 rings (SSSR count). The van der Waals surface area contributed by atoms with Crippen LogP contribution in [0.4, 0.5) is 0 Å². The number of hydrogen-bond acceptors (Lipinski definition) is 5. The van der Waals surface area contributed by atoms with Crippen molar-refractivity contribution in [3.63, 3.8) is 0 Å². The first-order chi connectivity index (χ1) is 12.8. The minimum Gasteiger partial charge on any atom is -0.339 e. The fraction of sp³-hybridized carbons (Fsp3) is 0.368. The summed E-state index contributed by atoms with van der Waals surface area (Å²) in [4.78, 5) is 26.6. The van der Waals surface area contributed by atoms with Crippen molar-refractivity contribution in [3.05, 3.63) is 56.2 Å². The Kier molecular flexibility index (Phi) is 7.06. The number of carbonyl (C=O) groups is 2. The Bertz CT molecular complexity index is 961. The van der Waals surface area contributed by atoms with Crippen LogP contribution in [0.25, 0.3) is 0 Å². The van der Waals surface area contributed by atoms with Gasteiger partial charge in [-0.25, -0.2) is 8.42 Å². The van der Waals surface area contributed by atoms with Crippen molar-refractivity contribution >= 4 is 49.1 Å². The van der Waals surface area contributed by atoms with Crippen LogP contribution in [-0.2, 0) is 26.7 Å². The van der Waals surface area contributed by atoms with Crippen LogP contribution >= 0.6 is 27.3 Å². The van der Waals surface area contributed by atoms with Gasteiger partial charge in [0.15, 0.2) is 0 Å². The van der Waals surface area contributed by atoms with Gasteiger partial charge in [0.05, 0.1) is 11.1 Å². The third-order valence-electron chi connectivity index (χ3n) is 3.83. The summed E-state index contributed by atoms with van der Waals surface area (Å²) in [5.41, 5.74) is 0.701. The van der Waals surface area contributed by atoms with Crippen LogP contribution < -0.4 is 10.0 Å². The number of hydrogen-bond donors (Lipinski definition) is 2. The Labute approximate surface area is 177 Å². The highest BCUT2D eigenvalue weighted by atomic mass is 79.9. The summed E-state index contributed by atoms with van der Waals surface area (Å²) < 4.78 is 25.8. The fourth-order valence-corrected chi connectivity index (χ4v) is 4.15. The van der Waals surface area contributed by atoms with Crippen LogP contribution in [0.1, 0.15) is 40.9 Å². The Balaban J connectivity index is 2.22. The zero-order valence-electron chi connectivity index (χ0n) is 16.1. The summed E-state index contributed by atoms with van der Waals surface area (Å²) in [5.74, 6) is -1.18. The molecule has 0 bridgehead atoms. The lowest BCUT2D eigenvalue weighted by Crippen LogP contribution is -2.49. The highest BCUT2D eigenvalue weighted by Gasteiger charge is 2.26. The lowest BCUT2D eigenvalue weighted by atomic mass is 9.95. The maximum absolute atomic E-state index is 12.7. The van der Waals surface area contributed by atoms with Gasteiger partial charge in [-0.05, 0) is 35.2 Å². The van der Waals surface area contributed by atoms with Gasteiger partial charge in [0.25, 0.3) is 11.8 Å². The summed E-state index contributed by atoms with van der Waals surface area (Å²) in [5, 5.41) is 2.67. The lowest BCUT2D eigenvalue weighted by molar-refractivity contribution is -0.121. The molecule has 0 spiro atoms. The van der Waals surface area contributed by atoms with Gasteiger partial charge in [-0.3, -0.25) is 14.3 Å². The standard InChI is InChI=1S/C19H23BrN2O4S2/c1-19(2,3)16-10-9-15(27-16)18(24)21-14(17(23)22-28(4,25)26)11-12-5-7-13(20)8-6-12/h5-10,14H,11H2,1-4H3,(H,21,24)(H,22,23). The molecule has 9 heteroatoms. The first kappa shape index (κ1) is 22.6. The summed E-state index contributed by atoms with van der Waals surface area (Å²) in [6, 6.07) is 9.82. The van der Waals surface area contributed by atoms with Crippen molar-refractivity contribution in [2.45, 2.75) is 38.6 Å². The van der Waals surface area contributed by atoms with Crippen LogP contribution in [0.2, 0.25) is 0 Å². The second-order valence-corrected chi connectivity index (χ2v) is 11.3. The first-order valence-electron chi connectivity index (χ1n) is 8.52. The van der Waals surface area contributed by atoms with Crippen molar-refractivity contribution in [3.8, 4) is 0 Å². The van der Waals surface area contributed by atoms with E-state index in [0.717, 1.165) is 21.2 Å². The molecule has 0 saturated carbocycles. The molecular weight excluding hydrogens is 464 g/mol. The van der Waals surface area contributed by atoms with Crippen molar-refractivity contribution in [1.29, 1.82) is 0 Å². The number of amides is 2. The molecule has 0 aliphatic heterocycles. The predicted molar refractivity (Wildman–Crippen MR) is 115 cm³/mol. The van der Waals surface area contributed by atoms with Crippen LogP contribution in [0, 0.1) is 0 Å². The number of sulfonamides is 1.